The minimum Gasteiger partial charge on any atom is -0.393 e. The van der Waals surface area contributed by atoms with Crippen molar-refractivity contribution in [1.82, 2.24) is 19.9 Å². The zero-order valence-electron chi connectivity index (χ0n) is 10.00. The van der Waals surface area contributed by atoms with Gasteiger partial charge in [0.05, 0.1) is 24.3 Å². The molecule has 0 saturated heterocycles. The lowest BCUT2D eigenvalue weighted by atomic mass is 10.1. The Hall–Kier alpha value is -1.69. The molecule has 17 heavy (non-hydrogen) atoms. The quantitative estimate of drug-likeness (QED) is 0.843. The number of aliphatic hydroxyl groups excluding tert-OH is 1. The molecule has 1 N–H and O–H groups in total. The van der Waals surface area contributed by atoms with E-state index in [4.69, 9.17) is 4.52 Å². The van der Waals surface area contributed by atoms with Gasteiger partial charge in [0.25, 0.3) is 0 Å². The number of hydrogen-bond acceptors (Lipinski definition) is 5. The maximum Gasteiger partial charge on any atom is 0.229 e. The molecular formula is C11H16N4O2. The van der Waals surface area contributed by atoms with E-state index < -0.39 is 6.10 Å². The van der Waals surface area contributed by atoms with Crippen molar-refractivity contribution < 1.29 is 9.63 Å². The van der Waals surface area contributed by atoms with Crippen molar-refractivity contribution in [2.24, 2.45) is 7.05 Å². The van der Waals surface area contributed by atoms with Crippen LogP contribution in [0, 0.1) is 0 Å². The highest BCUT2D eigenvalue weighted by Crippen LogP contribution is 2.15. The largest absolute Gasteiger partial charge is 0.393 e. The molecule has 1 atom stereocenters. The highest BCUT2D eigenvalue weighted by Gasteiger charge is 2.13. The molecule has 2 aromatic heterocycles. The van der Waals surface area contributed by atoms with E-state index in [1.165, 1.54) is 0 Å². The van der Waals surface area contributed by atoms with Crippen LogP contribution in [0.4, 0.5) is 0 Å². The Labute approximate surface area is 99.3 Å². The molecule has 92 valence electrons. The van der Waals surface area contributed by atoms with Crippen molar-refractivity contribution in [1.29, 1.82) is 0 Å². The first-order valence-corrected chi connectivity index (χ1v) is 5.68. The van der Waals surface area contributed by atoms with Gasteiger partial charge in [-0.1, -0.05) is 18.5 Å². The fraction of sp³-hybridized carbons (Fsp3) is 0.545. The summed E-state index contributed by atoms with van der Waals surface area (Å²) in [6.07, 6.45) is 5.16. The molecule has 1 unspecified atom stereocenters. The molecule has 0 aliphatic rings. The predicted octanol–water partition coefficient (Wildman–Crippen LogP) is 1.17. The lowest BCUT2D eigenvalue weighted by Gasteiger charge is -2.03. The molecule has 0 aliphatic carbocycles. The predicted molar refractivity (Wildman–Crippen MR) is 61.1 cm³/mol. The SMILES string of the molecule is CCCC(O)Cc1nc(-c2cnn(C)c2)no1. The molecule has 6 heteroatoms. The highest BCUT2D eigenvalue weighted by molar-refractivity contribution is 5.50. The van der Waals surface area contributed by atoms with Crippen molar-refractivity contribution in [3.8, 4) is 11.4 Å². The Kier molecular flexibility index (Phi) is 3.53. The van der Waals surface area contributed by atoms with Gasteiger partial charge in [0.2, 0.25) is 11.7 Å². The molecule has 0 fully saturated rings. The van der Waals surface area contributed by atoms with E-state index in [1.807, 2.05) is 20.2 Å². The highest BCUT2D eigenvalue weighted by atomic mass is 16.5. The third kappa shape index (κ3) is 2.91. The van der Waals surface area contributed by atoms with Crippen molar-refractivity contribution >= 4 is 0 Å². The molecule has 2 heterocycles. The standard InChI is InChI=1S/C11H16N4O2/c1-3-4-9(16)5-10-13-11(14-17-10)8-6-12-15(2)7-8/h6-7,9,16H,3-5H2,1-2H3. The molecule has 0 amide bonds. The number of hydrogen-bond donors (Lipinski definition) is 1. The molecule has 0 bridgehead atoms. The van der Waals surface area contributed by atoms with Crippen LogP contribution in [0.1, 0.15) is 25.7 Å². The van der Waals surface area contributed by atoms with Gasteiger partial charge in [-0.2, -0.15) is 10.1 Å². The first-order chi connectivity index (χ1) is 8.19. The summed E-state index contributed by atoms with van der Waals surface area (Å²) < 4.78 is 6.77. The van der Waals surface area contributed by atoms with Crippen LogP contribution in [0.15, 0.2) is 16.9 Å². The van der Waals surface area contributed by atoms with Crippen LogP contribution < -0.4 is 0 Å². The molecule has 0 saturated carbocycles. The summed E-state index contributed by atoms with van der Waals surface area (Å²) in [6, 6.07) is 0. The van der Waals surface area contributed by atoms with Gasteiger partial charge in [-0.25, -0.2) is 0 Å². The first-order valence-electron chi connectivity index (χ1n) is 5.68. The van der Waals surface area contributed by atoms with Crippen molar-refractivity contribution in [2.75, 3.05) is 0 Å². The van der Waals surface area contributed by atoms with E-state index in [9.17, 15) is 5.11 Å². The molecule has 2 rings (SSSR count). The van der Waals surface area contributed by atoms with Crippen molar-refractivity contribution in [3.05, 3.63) is 18.3 Å². The van der Waals surface area contributed by atoms with Gasteiger partial charge in [0, 0.05) is 13.2 Å². The van der Waals surface area contributed by atoms with E-state index in [-0.39, 0.29) is 0 Å². The van der Waals surface area contributed by atoms with Crippen LogP contribution >= 0.6 is 0 Å². The summed E-state index contributed by atoms with van der Waals surface area (Å²) >= 11 is 0. The first kappa shape index (κ1) is 11.8. The summed E-state index contributed by atoms with van der Waals surface area (Å²) in [5.41, 5.74) is 0.812. The Morgan fingerprint density at radius 1 is 1.53 bits per heavy atom. The molecule has 0 radical (unpaired) electrons. The van der Waals surface area contributed by atoms with E-state index in [2.05, 4.69) is 15.2 Å². The average Bonchev–Trinajstić information content (AvgIpc) is 2.87. The van der Waals surface area contributed by atoms with Crippen molar-refractivity contribution in [2.45, 2.75) is 32.3 Å². The van der Waals surface area contributed by atoms with Crippen LogP contribution in [0.5, 0.6) is 0 Å². The van der Waals surface area contributed by atoms with E-state index in [1.54, 1.807) is 10.9 Å². The summed E-state index contributed by atoms with van der Waals surface area (Å²) in [5.74, 6) is 0.974. The maximum atomic E-state index is 9.64. The van der Waals surface area contributed by atoms with Gasteiger partial charge in [0.15, 0.2) is 0 Å². The molecule has 2 aromatic rings. The Bertz CT molecular complexity index is 477. The smallest absolute Gasteiger partial charge is 0.229 e. The summed E-state index contributed by atoms with van der Waals surface area (Å²) in [7, 11) is 1.83. The van der Waals surface area contributed by atoms with Crippen LogP contribution in [-0.2, 0) is 13.5 Å². The third-order valence-corrected chi connectivity index (χ3v) is 2.46. The van der Waals surface area contributed by atoms with E-state index >= 15 is 0 Å². The maximum absolute atomic E-state index is 9.64. The lowest BCUT2D eigenvalue weighted by Crippen LogP contribution is -2.09. The Balaban J connectivity index is 2.05. The molecule has 0 aliphatic heterocycles. The summed E-state index contributed by atoms with van der Waals surface area (Å²) in [4.78, 5) is 4.22. The average molecular weight is 236 g/mol. The molecular weight excluding hydrogens is 220 g/mol. The molecule has 0 aromatic carbocycles. The minimum atomic E-state index is -0.415. The molecule has 0 spiro atoms. The zero-order valence-corrected chi connectivity index (χ0v) is 10.00. The summed E-state index contributed by atoms with van der Waals surface area (Å²) in [6.45, 7) is 2.03. The van der Waals surface area contributed by atoms with Crippen molar-refractivity contribution in [3.63, 3.8) is 0 Å². The van der Waals surface area contributed by atoms with Gasteiger partial charge in [-0.05, 0) is 6.42 Å². The van der Waals surface area contributed by atoms with Crippen LogP contribution in [0.25, 0.3) is 11.4 Å². The van der Waals surface area contributed by atoms with E-state index in [0.717, 1.165) is 18.4 Å². The van der Waals surface area contributed by atoms with Gasteiger partial charge in [0.1, 0.15) is 0 Å². The number of rotatable bonds is 5. The zero-order chi connectivity index (χ0) is 12.3. The minimum absolute atomic E-state index is 0.404. The monoisotopic (exact) mass is 236 g/mol. The van der Waals surface area contributed by atoms with Gasteiger partial charge < -0.3 is 9.63 Å². The van der Waals surface area contributed by atoms with E-state index in [0.29, 0.717) is 18.1 Å². The number of aromatic nitrogens is 4. The van der Waals surface area contributed by atoms with Crippen LogP contribution in [-0.4, -0.2) is 31.1 Å². The van der Waals surface area contributed by atoms with Crippen LogP contribution in [0.3, 0.4) is 0 Å². The number of aryl methyl sites for hydroxylation is 1. The Morgan fingerprint density at radius 3 is 3.00 bits per heavy atom. The van der Waals surface area contributed by atoms with Crippen LogP contribution in [0.2, 0.25) is 0 Å². The fourth-order valence-corrected chi connectivity index (χ4v) is 1.63. The topological polar surface area (TPSA) is 77.0 Å². The second-order valence-corrected chi connectivity index (χ2v) is 4.06. The number of aliphatic hydroxyl groups is 1. The second kappa shape index (κ2) is 5.09. The molecule has 6 nitrogen and oxygen atoms in total. The lowest BCUT2D eigenvalue weighted by molar-refractivity contribution is 0.152. The second-order valence-electron chi connectivity index (χ2n) is 4.06. The van der Waals surface area contributed by atoms with Gasteiger partial charge >= 0.3 is 0 Å². The normalized spacial score (nSPS) is 12.9. The third-order valence-electron chi connectivity index (χ3n) is 2.46. The van der Waals surface area contributed by atoms with Gasteiger partial charge in [-0.15, -0.1) is 0 Å². The van der Waals surface area contributed by atoms with Gasteiger partial charge in [-0.3, -0.25) is 4.68 Å². The number of nitrogens with zero attached hydrogens (tertiary/aromatic N) is 4. The Morgan fingerprint density at radius 2 is 2.35 bits per heavy atom. The fourth-order valence-electron chi connectivity index (χ4n) is 1.63. The summed E-state index contributed by atoms with van der Waals surface area (Å²) in [5, 5.41) is 17.5.